The number of benzene rings is 1. The van der Waals surface area contributed by atoms with Crippen LogP contribution in [0.2, 0.25) is 0 Å². The molecule has 3 nitrogen and oxygen atoms in total. The highest BCUT2D eigenvalue weighted by Gasteiger charge is 2.00. The second-order valence-corrected chi connectivity index (χ2v) is 4.56. The fraction of sp³-hybridized carbons (Fsp3) is 0.600. The van der Waals surface area contributed by atoms with Crippen LogP contribution in [0.4, 0.5) is 0 Å². The van der Waals surface area contributed by atoms with Crippen molar-refractivity contribution in [3.63, 3.8) is 0 Å². The Balaban J connectivity index is 2.25. The van der Waals surface area contributed by atoms with Crippen LogP contribution in [-0.4, -0.2) is 43.4 Å². The van der Waals surface area contributed by atoms with Gasteiger partial charge in [-0.25, -0.2) is 0 Å². The molecular formula is C15H25NO2. The molecule has 0 heterocycles. The standard InChI is InChI=1S/C15H25NO2/c1-3-18-15-8-6-14(7-9-15)10-12-16(2)11-4-5-13-17/h6-9,17H,3-5,10-13H2,1-2H3. The maximum absolute atomic E-state index is 8.73. The molecule has 0 aliphatic heterocycles. The molecule has 102 valence electrons. The maximum atomic E-state index is 8.73. The van der Waals surface area contributed by atoms with E-state index in [1.54, 1.807) is 0 Å². The first-order chi connectivity index (χ1) is 8.76. The van der Waals surface area contributed by atoms with E-state index < -0.39 is 0 Å². The number of aliphatic hydroxyl groups is 1. The first-order valence-electron chi connectivity index (χ1n) is 6.77. The average Bonchev–Trinajstić information content (AvgIpc) is 2.39. The average molecular weight is 251 g/mol. The Morgan fingerprint density at radius 2 is 1.83 bits per heavy atom. The maximum Gasteiger partial charge on any atom is 0.119 e. The molecule has 0 saturated heterocycles. The molecule has 1 rings (SSSR count). The van der Waals surface area contributed by atoms with E-state index in [1.165, 1.54) is 5.56 Å². The predicted octanol–water partition coefficient (Wildman–Crippen LogP) is 2.33. The third-order valence-corrected chi connectivity index (χ3v) is 2.96. The van der Waals surface area contributed by atoms with Gasteiger partial charge in [0, 0.05) is 13.2 Å². The Bertz CT molecular complexity index is 311. The Morgan fingerprint density at radius 1 is 1.11 bits per heavy atom. The molecule has 0 amide bonds. The van der Waals surface area contributed by atoms with Crippen LogP contribution in [0.25, 0.3) is 0 Å². The van der Waals surface area contributed by atoms with E-state index in [-0.39, 0.29) is 0 Å². The fourth-order valence-corrected chi connectivity index (χ4v) is 1.84. The van der Waals surface area contributed by atoms with Crippen molar-refractivity contribution in [2.24, 2.45) is 0 Å². The molecule has 0 aliphatic rings. The van der Waals surface area contributed by atoms with E-state index in [4.69, 9.17) is 9.84 Å². The highest BCUT2D eigenvalue weighted by Crippen LogP contribution is 2.12. The Morgan fingerprint density at radius 3 is 2.44 bits per heavy atom. The summed E-state index contributed by atoms with van der Waals surface area (Å²) in [5, 5.41) is 8.73. The molecule has 0 fully saturated rings. The molecule has 0 aromatic heterocycles. The van der Waals surface area contributed by atoms with E-state index >= 15 is 0 Å². The van der Waals surface area contributed by atoms with E-state index in [0.717, 1.165) is 38.1 Å². The van der Waals surface area contributed by atoms with Crippen LogP contribution in [0.15, 0.2) is 24.3 Å². The van der Waals surface area contributed by atoms with Crippen molar-refractivity contribution in [1.82, 2.24) is 4.90 Å². The summed E-state index contributed by atoms with van der Waals surface area (Å²) in [6.45, 7) is 5.12. The molecule has 0 aliphatic carbocycles. The second-order valence-electron chi connectivity index (χ2n) is 4.56. The van der Waals surface area contributed by atoms with E-state index in [9.17, 15) is 0 Å². The number of hydrogen-bond acceptors (Lipinski definition) is 3. The summed E-state index contributed by atoms with van der Waals surface area (Å²) in [6, 6.07) is 8.33. The molecule has 1 N–H and O–H groups in total. The van der Waals surface area contributed by atoms with Gasteiger partial charge >= 0.3 is 0 Å². The monoisotopic (exact) mass is 251 g/mol. The highest BCUT2D eigenvalue weighted by molar-refractivity contribution is 5.27. The largest absolute Gasteiger partial charge is 0.494 e. The lowest BCUT2D eigenvalue weighted by molar-refractivity contribution is 0.264. The minimum Gasteiger partial charge on any atom is -0.494 e. The van der Waals surface area contributed by atoms with Crippen molar-refractivity contribution in [1.29, 1.82) is 0 Å². The number of likely N-dealkylation sites (N-methyl/N-ethyl adjacent to an activating group) is 1. The minimum absolute atomic E-state index is 0.298. The lowest BCUT2D eigenvalue weighted by Crippen LogP contribution is -2.22. The number of nitrogens with zero attached hydrogens (tertiary/aromatic N) is 1. The number of ether oxygens (including phenoxy) is 1. The number of rotatable bonds is 9. The van der Waals surface area contributed by atoms with Gasteiger partial charge in [0.25, 0.3) is 0 Å². The molecule has 0 unspecified atom stereocenters. The molecule has 3 heteroatoms. The summed E-state index contributed by atoms with van der Waals surface area (Å²) < 4.78 is 5.42. The lowest BCUT2D eigenvalue weighted by atomic mass is 10.1. The van der Waals surface area contributed by atoms with Crippen molar-refractivity contribution >= 4 is 0 Å². The van der Waals surface area contributed by atoms with Crippen LogP contribution in [0.5, 0.6) is 5.75 Å². The summed E-state index contributed by atoms with van der Waals surface area (Å²) in [6.07, 6.45) is 3.02. The summed E-state index contributed by atoms with van der Waals surface area (Å²) in [5.41, 5.74) is 1.34. The Hall–Kier alpha value is -1.06. The molecular weight excluding hydrogens is 226 g/mol. The molecule has 0 bridgehead atoms. The van der Waals surface area contributed by atoms with Crippen molar-refractivity contribution < 1.29 is 9.84 Å². The minimum atomic E-state index is 0.298. The number of unbranched alkanes of at least 4 members (excludes halogenated alkanes) is 1. The molecule has 1 aromatic rings. The van der Waals surface area contributed by atoms with Gasteiger partial charge < -0.3 is 14.7 Å². The fourth-order valence-electron chi connectivity index (χ4n) is 1.84. The summed E-state index contributed by atoms with van der Waals surface area (Å²) in [4.78, 5) is 2.31. The van der Waals surface area contributed by atoms with Gasteiger partial charge in [-0.3, -0.25) is 0 Å². The van der Waals surface area contributed by atoms with Gasteiger partial charge in [0.15, 0.2) is 0 Å². The van der Waals surface area contributed by atoms with Gasteiger partial charge in [0.1, 0.15) is 5.75 Å². The van der Waals surface area contributed by atoms with Gasteiger partial charge in [-0.05, 0) is 57.5 Å². The van der Waals surface area contributed by atoms with Crippen LogP contribution in [0, 0.1) is 0 Å². The van der Waals surface area contributed by atoms with Crippen molar-refractivity contribution in [2.45, 2.75) is 26.2 Å². The van der Waals surface area contributed by atoms with Gasteiger partial charge in [0.05, 0.1) is 6.61 Å². The highest BCUT2D eigenvalue weighted by atomic mass is 16.5. The van der Waals surface area contributed by atoms with Gasteiger partial charge in [0.2, 0.25) is 0 Å². The van der Waals surface area contributed by atoms with Crippen molar-refractivity contribution in [3.8, 4) is 5.75 Å². The molecule has 0 saturated carbocycles. The third-order valence-electron chi connectivity index (χ3n) is 2.96. The molecule has 0 atom stereocenters. The zero-order valence-electron chi connectivity index (χ0n) is 11.6. The van der Waals surface area contributed by atoms with E-state index in [0.29, 0.717) is 13.2 Å². The molecule has 0 spiro atoms. The van der Waals surface area contributed by atoms with Crippen LogP contribution in [0.3, 0.4) is 0 Å². The number of aliphatic hydroxyl groups excluding tert-OH is 1. The van der Waals surface area contributed by atoms with Crippen LogP contribution in [0.1, 0.15) is 25.3 Å². The number of hydrogen-bond donors (Lipinski definition) is 1. The normalized spacial score (nSPS) is 10.9. The van der Waals surface area contributed by atoms with Crippen LogP contribution >= 0.6 is 0 Å². The first kappa shape index (κ1) is 15.0. The SMILES string of the molecule is CCOc1ccc(CCN(C)CCCCO)cc1. The van der Waals surface area contributed by atoms with E-state index in [2.05, 4.69) is 24.1 Å². The van der Waals surface area contributed by atoms with Crippen molar-refractivity contribution in [3.05, 3.63) is 29.8 Å². The topological polar surface area (TPSA) is 32.7 Å². The van der Waals surface area contributed by atoms with Crippen LogP contribution < -0.4 is 4.74 Å². The summed E-state index contributed by atoms with van der Waals surface area (Å²) in [7, 11) is 2.13. The summed E-state index contributed by atoms with van der Waals surface area (Å²) in [5.74, 6) is 0.942. The van der Waals surface area contributed by atoms with Gasteiger partial charge in [-0.2, -0.15) is 0 Å². The van der Waals surface area contributed by atoms with Gasteiger partial charge in [-0.15, -0.1) is 0 Å². The zero-order valence-corrected chi connectivity index (χ0v) is 11.6. The zero-order chi connectivity index (χ0) is 13.2. The lowest BCUT2D eigenvalue weighted by Gasteiger charge is -2.16. The second kappa shape index (κ2) is 8.95. The summed E-state index contributed by atoms with van der Waals surface area (Å²) >= 11 is 0. The third kappa shape index (κ3) is 6.03. The van der Waals surface area contributed by atoms with Gasteiger partial charge in [-0.1, -0.05) is 12.1 Å². The van der Waals surface area contributed by atoms with Crippen molar-refractivity contribution in [2.75, 3.05) is 33.4 Å². The van der Waals surface area contributed by atoms with E-state index in [1.807, 2.05) is 19.1 Å². The smallest absolute Gasteiger partial charge is 0.119 e. The quantitative estimate of drug-likeness (QED) is 0.684. The Labute approximate surface area is 110 Å². The molecule has 0 radical (unpaired) electrons. The molecule has 18 heavy (non-hydrogen) atoms. The predicted molar refractivity (Wildman–Crippen MR) is 75.1 cm³/mol. The Kier molecular flexibility index (Phi) is 7.46. The first-order valence-corrected chi connectivity index (χ1v) is 6.77. The van der Waals surface area contributed by atoms with Crippen LogP contribution in [-0.2, 0) is 6.42 Å². The molecule has 1 aromatic carbocycles.